The first kappa shape index (κ1) is 13.1. The molecule has 3 nitrogen and oxygen atoms in total. The van der Waals surface area contributed by atoms with E-state index in [2.05, 4.69) is 0 Å². The van der Waals surface area contributed by atoms with Gasteiger partial charge in [0.1, 0.15) is 11.6 Å². The Morgan fingerprint density at radius 3 is 2.57 bits per heavy atom. The zero-order chi connectivity index (χ0) is 14.6. The lowest BCUT2D eigenvalue weighted by Crippen LogP contribution is -2.08. The van der Waals surface area contributed by atoms with E-state index in [1.54, 1.807) is 0 Å². The molecule has 0 spiro atoms. The van der Waals surface area contributed by atoms with Crippen molar-refractivity contribution in [1.82, 2.24) is 0 Å². The summed E-state index contributed by atoms with van der Waals surface area (Å²) >= 11 is 0. The maximum Gasteiger partial charge on any atom is 0.338 e. The van der Waals surface area contributed by atoms with Crippen molar-refractivity contribution >= 4 is 5.97 Å². The van der Waals surface area contributed by atoms with Crippen molar-refractivity contribution in [3.63, 3.8) is 0 Å². The maximum absolute atomic E-state index is 13.9. The number of aromatic carboxylic acids is 1. The van der Waals surface area contributed by atoms with Gasteiger partial charge in [-0.2, -0.15) is 0 Å². The second-order valence-electron chi connectivity index (χ2n) is 6.68. The number of carboxylic acid groups (broad SMARTS) is 1. The molecule has 4 heteroatoms. The van der Waals surface area contributed by atoms with Gasteiger partial charge in [-0.1, -0.05) is 6.42 Å². The highest BCUT2D eigenvalue weighted by Crippen LogP contribution is 2.57. The van der Waals surface area contributed by atoms with Crippen LogP contribution in [0, 0.1) is 23.6 Å². The fraction of sp³-hybridized carbons (Fsp3) is 0.588. The minimum Gasteiger partial charge on any atom is -0.493 e. The SMILES string of the molecule is O=C(O)c1cc(C2CC2)c(OCC2C3CCCC32)cc1F. The summed E-state index contributed by atoms with van der Waals surface area (Å²) in [5.41, 5.74) is 0.632. The highest BCUT2D eigenvalue weighted by Gasteiger charge is 2.52. The molecule has 0 bridgehead atoms. The first-order valence-electron chi connectivity index (χ1n) is 7.84. The molecule has 1 aromatic carbocycles. The highest BCUT2D eigenvalue weighted by atomic mass is 19.1. The predicted octanol–water partition coefficient (Wildman–Crippen LogP) is 3.83. The van der Waals surface area contributed by atoms with Gasteiger partial charge in [0.15, 0.2) is 0 Å². The molecule has 3 aliphatic carbocycles. The Morgan fingerprint density at radius 2 is 1.95 bits per heavy atom. The summed E-state index contributed by atoms with van der Waals surface area (Å²) in [7, 11) is 0. The maximum atomic E-state index is 13.9. The van der Waals surface area contributed by atoms with Gasteiger partial charge >= 0.3 is 5.97 Å². The molecule has 0 aromatic heterocycles. The van der Waals surface area contributed by atoms with Crippen LogP contribution in [0.2, 0.25) is 0 Å². The van der Waals surface area contributed by atoms with Gasteiger partial charge in [0.05, 0.1) is 12.2 Å². The minimum atomic E-state index is -1.21. The molecule has 0 amide bonds. The molecule has 21 heavy (non-hydrogen) atoms. The molecule has 3 fully saturated rings. The van der Waals surface area contributed by atoms with Crippen LogP contribution in [0.3, 0.4) is 0 Å². The summed E-state index contributed by atoms with van der Waals surface area (Å²) in [6.07, 6.45) is 6.02. The molecule has 3 aliphatic rings. The Morgan fingerprint density at radius 1 is 1.24 bits per heavy atom. The van der Waals surface area contributed by atoms with Crippen molar-refractivity contribution < 1.29 is 19.0 Å². The van der Waals surface area contributed by atoms with Crippen LogP contribution in [0.5, 0.6) is 5.75 Å². The Balaban J connectivity index is 1.53. The molecule has 3 saturated carbocycles. The van der Waals surface area contributed by atoms with E-state index < -0.39 is 11.8 Å². The van der Waals surface area contributed by atoms with Gasteiger partial charge < -0.3 is 9.84 Å². The van der Waals surface area contributed by atoms with Gasteiger partial charge in [0, 0.05) is 6.07 Å². The van der Waals surface area contributed by atoms with E-state index in [0.717, 1.165) is 30.2 Å². The van der Waals surface area contributed by atoms with Gasteiger partial charge in [-0.25, -0.2) is 9.18 Å². The summed E-state index contributed by atoms with van der Waals surface area (Å²) in [6.45, 7) is 0.654. The van der Waals surface area contributed by atoms with Crippen molar-refractivity contribution in [1.29, 1.82) is 0 Å². The Labute approximate surface area is 123 Å². The van der Waals surface area contributed by atoms with Crippen LogP contribution in [-0.2, 0) is 0 Å². The highest BCUT2D eigenvalue weighted by molar-refractivity contribution is 5.88. The van der Waals surface area contributed by atoms with E-state index >= 15 is 0 Å². The number of hydrogen-bond acceptors (Lipinski definition) is 2. The average molecular weight is 290 g/mol. The Kier molecular flexibility index (Phi) is 2.95. The van der Waals surface area contributed by atoms with E-state index in [9.17, 15) is 9.18 Å². The molecular weight excluding hydrogens is 271 g/mol. The fourth-order valence-corrected chi connectivity index (χ4v) is 3.98. The summed E-state index contributed by atoms with van der Waals surface area (Å²) in [5.74, 6) is 1.26. The lowest BCUT2D eigenvalue weighted by molar-refractivity contribution is 0.0691. The molecule has 0 radical (unpaired) electrons. The number of halogens is 1. The zero-order valence-electron chi connectivity index (χ0n) is 11.8. The van der Waals surface area contributed by atoms with E-state index in [1.165, 1.54) is 31.4 Å². The standard InChI is InChI=1S/C17H19FO3/c18-15-7-16(21-8-14-10-2-1-3-11(10)14)12(9-4-5-9)6-13(15)17(19)20/h6-7,9-11,14H,1-5,8H2,(H,19,20). The second-order valence-corrected chi connectivity index (χ2v) is 6.68. The molecule has 112 valence electrons. The molecule has 0 saturated heterocycles. The molecule has 2 unspecified atom stereocenters. The van der Waals surface area contributed by atoms with Gasteiger partial charge in [0.2, 0.25) is 0 Å². The van der Waals surface area contributed by atoms with Crippen molar-refractivity contribution in [2.75, 3.05) is 6.61 Å². The van der Waals surface area contributed by atoms with Gasteiger partial charge in [-0.05, 0) is 61.0 Å². The van der Waals surface area contributed by atoms with Crippen molar-refractivity contribution in [3.05, 3.63) is 29.1 Å². The lowest BCUT2D eigenvalue weighted by atomic mass is 10.0. The number of carbonyl (C=O) groups is 1. The molecule has 1 N–H and O–H groups in total. The molecule has 1 aromatic rings. The molecule has 0 aliphatic heterocycles. The monoisotopic (exact) mass is 290 g/mol. The topological polar surface area (TPSA) is 46.5 Å². The first-order valence-corrected chi connectivity index (χ1v) is 7.84. The number of carboxylic acids is 1. The largest absolute Gasteiger partial charge is 0.493 e. The van der Waals surface area contributed by atoms with E-state index in [4.69, 9.17) is 9.84 Å². The van der Waals surface area contributed by atoms with Crippen molar-refractivity contribution in [2.45, 2.75) is 38.0 Å². The van der Waals surface area contributed by atoms with Gasteiger partial charge in [0.25, 0.3) is 0 Å². The fourth-order valence-electron chi connectivity index (χ4n) is 3.98. The van der Waals surface area contributed by atoms with E-state index in [1.807, 2.05) is 0 Å². The summed E-state index contributed by atoms with van der Waals surface area (Å²) in [4.78, 5) is 11.1. The summed E-state index contributed by atoms with van der Waals surface area (Å²) < 4.78 is 19.8. The zero-order valence-corrected chi connectivity index (χ0v) is 11.8. The minimum absolute atomic E-state index is 0.243. The molecule has 0 heterocycles. The van der Waals surface area contributed by atoms with Crippen LogP contribution in [0.25, 0.3) is 0 Å². The number of ether oxygens (including phenoxy) is 1. The Hall–Kier alpha value is -1.58. The van der Waals surface area contributed by atoms with E-state index in [0.29, 0.717) is 24.2 Å². The summed E-state index contributed by atoms with van der Waals surface area (Å²) in [5, 5.41) is 9.04. The van der Waals surface area contributed by atoms with E-state index in [-0.39, 0.29) is 5.56 Å². The first-order chi connectivity index (χ1) is 10.1. The van der Waals surface area contributed by atoms with Crippen LogP contribution in [0.1, 0.15) is 53.9 Å². The molecule has 2 atom stereocenters. The number of benzene rings is 1. The Bertz CT molecular complexity index is 584. The third-order valence-corrected chi connectivity index (χ3v) is 5.36. The molecule has 4 rings (SSSR count). The quantitative estimate of drug-likeness (QED) is 0.896. The van der Waals surface area contributed by atoms with Crippen LogP contribution < -0.4 is 4.74 Å². The van der Waals surface area contributed by atoms with Crippen LogP contribution in [0.15, 0.2) is 12.1 Å². The third kappa shape index (κ3) is 2.30. The van der Waals surface area contributed by atoms with Gasteiger partial charge in [-0.15, -0.1) is 0 Å². The summed E-state index contributed by atoms with van der Waals surface area (Å²) in [6, 6.07) is 2.74. The lowest BCUT2D eigenvalue weighted by Gasteiger charge is -2.13. The average Bonchev–Trinajstić information content (AvgIpc) is 3.35. The van der Waals surface area contributed by atoms with Crippen molar-refractivity contribution in [3.8, 4) is 5.75 Å². The number of rotatable bonds is 5. The molecular formula is C17H19FO3. The second kappa shape index (κ2) is 4.72. The van der Waals surface area contributed by atoms with Crippen molar-refractivity contribution in [2.24, 2.45) is 17.8 Å². The smallest absolute Gasteiger partial charge is 0.338 e. The predicted molar refractivity (Wildman–Crippen MR) is 75.2 cm³/mol. The third-order valence-electron chi connectivity index (χ3n) is 5.36. The van der Waals surface area contributed by atoms with Crippen LogP contribution in [-0.4, -0.2) is 17.7 Å². The number of hydrogen-bond donors (Lipinski definition) is 1. The van der Waals surface area contributed by atoms with Crippen LogP contribution >= 0.6 is 0 Å². The van der Waals surface area contributed by atoms with Crippen LogP contribution in [0.4, 0.5) is 4.39 Å². The normalized spacial score (nSPS) is 30.0. The van der Waals surface area contributed by atoms with Gasteiger partial charge in [-0.3, -0.25) is 0 Å². The number of fused-ring (bicyclic) bond motifs is 1.